The maximum Gasteiger partial charge on any atom is 0.0553 e. The van der Waals surface area contributed by atoms with Crippen LogP contribution >= 0.6 is 23.2 Å². The molecule has 2 rings (SSSR count). The summed E-state index contributed by atoms with van der Waals surface area (Å²) in [6.45, 7) is 1.62. The number of aliphatic hydroxyl groups is 2. The van der Waals surface area contributed by atoms with Gasteiger partial charge in [0, 0.05) is 15.5 Å². The fourth-order valence-corrected chi connectivity index (χ4v) is 2.92. The number of rotatable bonds is 5. The molecule has 0 aliphatic rings. The molecule has 112 valence electrons. The Balaban J connectivity index is 2.45. The lowest BCUT2D eigenvalue weighted by atomic mass is 9.76. The number of aryl methyl sites for hydroxylation is 1. The van der Waals surface area contributed by atoms with Gasteiger partial charge in [-0.2, -0.15) is 0 Å². The molecular weight excluding hydrogens is 307 g/mol. The van der Waals surface area contributed by atoms with Crippen LogP contribution in [0.3, 0.4) is 0 Å². The van der Waals surface area contributed by atoms with E-state index in [0.29, 0.717) is 16.5 Å². The highest BCUT2D eigenvalue weighted by Gasteiger charge is 2.32. The number of hydrogen-bond acceptors (Lipinski definition) is 2. The van der Waals surface area contributed by atoms with Crippen molar-refractivity contribution >= 4 is 23.2 Å². The number of halogens is 2. The Hall–Kier alpha value is -1.06. The van der Waals surface area contributed by atoms with Crippen molar-refractivity contribution in [1.82, 2.24) is 0 Å². The summed E-state index contributed by atoms with van der Waals surface area (Å²) in [6, 6.07) is 13.1. The molecule has 0 saturated heterocycles. The minimum Gasteiger partial charge on any atom is -0.395 e. The van der Waals surface area contributed by atoms with Crippen molar-refractivity contribution in [2.75, 3.05) is 13.2 Å². The van der Waals surface area contributed by atoms with E-state index >= 15 is 0 Å². The van der Waals surface area contributed by atoms with Crippen LogP contribution in [-0.4, -0.2) is 23.4 Å². The zero-order chi connectivity index (χ0) is 15.5. The van der Waals surface area contributed by atoms with Gasteiger partial charge in [0.2, 0.25) is 0 Å². The second kappa shape index (κ2) is 6.80. The van der Waals surface area contributed by atoms with Gasteiger partial charge in [0.05, 0.1) is 13.2 Å². The summed E-state index contributed by atoms with van der Waals surface area (Å²) in [7, 11) is 0. The first kappa shape index (κ1) is 16.3. The van der Waals surface area contributed by atoms with Crippen LogP contribution in [0.1, 0.15) is 16.7 Å². The van der Waals surface area contributed by atoms with Gasteiger partial charge in [-0.25, -0.2) is 0 Å². The summed E-state index contributed by atoms with van der Waals surface area (Å²) in [5.74, 6) is 0. The quantitative estimate of drug-likeness (QED) is 0.879. The van der Waals surface area contributed by atoms with Crippen LogP contribution < -0.4 is 0 Å². The Morgan fingerprint density at radius 2 is 1.43 bits per heavy atom. The average molecular weight is 325 g/mol. The highest BCUT2D eigenvalue weighted by atomic mass is 35.5. The van der Waals surface area contributed by atoms with Crippen molar-refractivity contribution in [3.63, 3.8) is 0 Å². The molecule has 0 fully saturated rings. The maximum absolute atomic E-state index is 9.90. The van der Waals surface area contributed by atoms with E-state index in [1.807, 2.05) is 31.2 Å². The van der Waals surface area contributed by atoms with Gasteiger partial charge in [-0.1, -0.05) is 59.1 Å². The third kappa shape index (κ3) is 3.41. The van der Waals surface area contributed by atoms with Gasteiger partial charge in [0.25, 0.3) is 0 Å². The van der Waals surface area contributed by atoms with Gasteiger partial charge in [0.1, 0.15) is 0 Å². The highest BCUT2D eigenvalue weighted by Crippen LogP contribution is 2.34. The van der Waals surface area contributed by atoms with Gasteiger partial charge in [-0.3, -0.25) is 0 Å². The molecule has 0 spiro atoms. The number of aliphatic hydroxyl groups excluding tert-OH is 2. The molecule has 21 heavy (non-hydrogen) atoms. The zero-order valence-corrected chi connectivity index (χ0v) is 13.3. The van der Waals surface area contributed by atoms with E-state index < -0.39 is 5.41 Å². The maximum atomic E-state index is 9.90. The molecule has 2 N–H and O–H groups in total. The van der Waals surface area contributed by atoms with E-state index in [1.54, 1.807) is 18.2 Å². The Bertz CT molecular complexity index is 584. The lowest BCUT2D eigenvalue weighted by Crippen LogP contribution is -2.37. The van der Waals surface area contributed by atoms with Gasteiger partial charge in [-0.05, 0) is 36.6 Å². The molecule has 0 radical (unpaired) electrons. The van der Waals surface area contributed by atoms with Crippen LogP contribution in [0, 0.1) is 6.92 Å². The summed E-state index contributed by atoms with van der Waals surface area (Å²) >= 11 is 12.4. The SMILES string of the molecule is Cc1ccc(C(CO)(CO)Cc2c(Cl)cccc2Cl)cc1. The van der Waals surface area contributed by atoms with Gasteiger partial charge in [0.15, 0.2) is 0 Å². The molecule has 0 amide bonds. The van der Waals surface area contributed by atoms with Gasteiger partial charge >= 0.3 is 0 Å². The summed E-state index contributed by atoms with van der Waals surface area (Å²) in [4.78, 5) is 0. The molecule has 0 atom stereocenters. The molecule has 0 bridgehead atoms. The molecular formula is C17H18Cl2O2. The Labute approximate surface area is 135 Å². The predicted molar refractivity (Wildman–Crippen MR) is 87.2 cm³/mol. The monoisotopic (exact) mass is 324 g/mol. The van der Waals surface area contributed by atoms with Crippen LogP contribution in [0.4, 0.5) is 0 Å². The first-order valence-electron chi connectivity index (χ1n) is 6.74. The minimum absolute atomic E-state index is 0.186. The molecule has 0 aliphatic carbocycles. The van der Waals surface area contributed by atoms with Crippen molar-refractivity contribution in [2.24, 2.45) is 0 Å². The molecule has 0 aromatic heterocycles. The van der Waals surface area contributed by atoms with Crippen molar-refractivity contribution < 1.29 is 10.2 Å². The molecule has 2 nitrogen and oxygen atoms in total. The number of hydrogen-bond donors (Lipinski definition) is 2. The molecule has 0 unspecified atom stereocenters. The molecule has 2 aromatic carbocycles. The second-order valence-electron chi connectivity index (χ2n) is 5.34. The van der Waals surface area contributed by atoms with Crippen molar-refractivity contribution in [3.05, 3.63) is 69.2 Å². The largest absolute Gasteiger partial charge is 0.395 e. The average Bonchev–Trinajstić information content (AvgIpc) is 2.49. The highest BCUT2D eigenvalue weighted by molar-refractivity contribution is 6.36. The summed E-state index contributed by atoms with van der Waals surface area (Å²) in [5, 5.41) is 20.9. The standard InChI is InChI=1S/C17H18Cl2O2/c1-12-5-7-13(8-6-12)17(10-20,11-21)9-14-15(18)3-2-4-16(14)19/h2-8,20-21H,9-11H2,1H3. The minimum atomic E-state index is -0.803. The predicted octanol–water partition coefficient (Wildman–Crippen LogP) is 3.77. The number of benzene rings is 2. The fraction of sp³-hybridized carbons (Fsp3) is 0.294. The van der Waals surface area contributed by atoms with Crippen LogP contribution in [0.15, 0.2) is 42.5 Å². The van der Waals surface area contributed by atoms with Gasteiger partial charge < -0.3 is 10.2 Å². The summed E-state index contributed by atoms with van der Waals surface area (Å²) in [6.07, 6.45) is 0.377. The fourth-order valence-electron chi connectivity index (χ4n) is 2.39. The third-order valence-corrected chi connectivity index (χ3v) is 4.55. The lowest BCUT2D eigenvalue weighted by molar-refractivity contribution is 0.116. The lowest BCUT2D eigenvalue weighted by Gasteiger charge is -2.31. The summed E-state index contributed by atoms with van der Waals surface area (Å²) < 4.78 is 0. The van der Waals surface area contributed by atoms with Crippen molar-refractivity contribution in [2.45, 2.75) is 18.8 Å². The smallest absolute Gasteiger partial charge is 0.0553 e. The van der Waals surface area contributed by atoms with Crippen LogP contribution in [0.25, 0.3) is 0 Å². The zero-order valence-electron chi connectivity index (χ0n) is 11.8. The van der Waals surface area contributed by atoms with E-state index in [2.05, 4.69) is 0 Å². The van der Waals surface area contributed by atoms with E-state index in [9.17, 15) is 10.2 Å². The van der Waals surface area contributed by atoms with Crippen LogP contribution in [0.2, 0.25) is 10.0 Å². The Morgan fingerprint density at radius 3 is 1.90 bits per heavy atom. The van der Waals surface area contributed by atoms with E-state index in [-0.39, 0.29) is 13.2 Å². The molecule has 0 saturated carbocycles. The Morgan fingerprint density at radius 1 is 0.905 bits per heavy atom. The Kier molecular flexibility index (Phi) is 5.28. The third-order valence-electron chi connectivity index (χ3n) is 3.85. The topological polar surface area (TPSA) is 40.5 Å². The van der Waals surface area contributed by atoms with Crippen LogP contribution in [0.5, 0.6) is 0 Å². The molecule has 0 aliphatic heterocycles. The van der Waals surface area contributed by atoms with Gasteiger partial charge in [-0.15, -0.1) is 0 Å². The first-order chi connectivity index (χ1) is 10.0. The van der Waals surface area contributed by atoms with Crippen molar-refractivity contribution in [1.29, 1.82) is 0 Å². The molecule has 0 heterocycles. The molecule has 4 heteroatoms. The van der Waals surface area contributed by atoms with E-state index in [0.717, 1.165) is 16.7 Å². The molecule has 2 aromatic rings. The summed E-state index contributed by atoms with van der Waals surface area (Å²) in [5.41, 5.74) is 1.93. The second-order valence-corrected chi connectivity index (χ2v) is 6.15. The first-order valence-corrected chi connectivity index (χ1v) is 7.50. The normalized spacial score (nSPS) is 11.7. The van der Waals surface area contributed by atoms with E-state index in [4.69, 9.17) is 23.2 Å². The van der Waals surface area contributed by atoms with E-state index in [1.165, 1.54) is 0 Å². The van der Waals surface area contributed by atoms with Crippen LogP contribution in [-0.2, 0) is 11.8 Å². The van der Waals surface area contributed by atoms with Crippen molar-refractivity contribution in [3.8, 4) is 0 Å².